The summed E-state index contributed by atoms with van der Waals surface area (Å²) in [6.07, 6.45) is -1.89. The number of nitrogens with one attached hydrogen (secondary N) is 1. The van der Waals surface area contributed by atoms with Crippen molar-refractivity contribution in [2.45, 2.75) is 24.9 Å². The molecule has 2 heterocycles. The monoisotopic (exact) mass is 245 g/mol. The Labute approximate surface area is 97.7 Å². The van der Waals surface area contributed by atoms with Crippen molar-refractivity contribution in [3.63, 3.8) is 0 Å². The molecule has 0 bridgehead atoms. The van der Waals surface area contributed by atoms with Gasteiger partial charge in [0, 0.05) is 13.5 Å². The number of carbonyl (C=O) groups excluding carboxylic acids is 2. The fourth-order valence-corrected chi connectivity index (χ4v) is 1.91. The molecular formula is C9H15N3O5. The number of urea groups is 2. The maximum absolute atomic E-state index is 11.6. The molecule has 3 atom stereocenters. The lowest BCUT2D eigenvalue weighted by Gasteiger charge is -2.36. The lowest BCUT2D eigenvalue weighted by Crippen LogP contribution is -2.60. The molecule has 2 fully saturated rings. The van der Waals surface area contributed by atoms with Crippen LogP contribution in [0.3, 0.4) is 0 Å². The quantitative estimate of drug-likeness (QED) is 0.549. The van der Waals surface area contributed by atoms with E-state index in [0.717, 1.165) is 0 Å². The summed E-state index contributed by atoms with van der Waals surface area (Å²) in [5.41, 5.74) is 0. The molecule has 2 aliphatic rings. The lowest BCUT2D eigenvalue weighted by molar-refractivity contribution is -0.0735. The van der Waals surface area contributed by atoms with E-state index in [-0.39, 0.29) is 19.7 Å². The number of aliphatic hydroxyl groups excluding tert-OH is 2. The van der Waals surface area contributed by atoms with E-state index in [4.69, 9.17) is 9.84 Å². The molecule has 2 rings (SSSR count). The van der Waals surface area contributed by atoms with Gasteiger partial charge in [-0.15, -0.1) is 0 Å². The summed E-state index contributed by atoms with van der Waals surface area (Å²) < 4.78 is 5.34. The molecule has 2 aliphatic heterocycles. The molecule has 8 nitrogen and oxygen atoms in total. The van der Waals surface area contributed by atoms with Crippen LogP contribution in [-0.2, 0) is 4.74 Å². The van der Waals surface area contributed by atoms with E-state index in [1.54, 1.807) is 7.05 Å². The summed E-state index contributed by atoms with van der Waals surface area (Å²) in [5.74, 6) is 0. The normalized spacial score (nSPS) is 34.2. The van der Waals surface area contributed by atoms with Crippen LogP contribution in [0.1, 0.15) is 6.42 Å². The van der Waals surface area contributed by atoms with E-state index in [1.165, 1.54) is 9.80 Å². The molecular weight excluding hydrogens is 230 g/mol. The van der Waals surface area contributed by atoms with Gasteiger partial charge in [0.2, 0.25) is 0 Å². The minimum Gasteiger partial charge on any atom is -0.394 e. The number of nitrogens with zero attached hydrogens (tertiary/aromatic N) is 2. The summed E-state index contributed by atoms with van der Waals surface area (Å²) in [6, 6.07) is -1.02. The van der Waals surface area contributed by atoms with Crippen molar-refractivity contribution in [1.82, 2.24) is 15.1 Å². The minimum atomic E-state index is -0.805. The zero-order valence-electron chi connectivity index (χ0n) is 9.37. The van der Waals surface area contributed by atoms with Crippen LogP contribution in [0.2, 0.25) is 0 Å². The van der Waals surface area contributed by atoms with Gasteiger partial charge in [-0.3, -0.25) is 10.2 Å². The highest BCUT2D eigenvalue weighted by Crippen LogP contribution is 2.24. The topological polar surface area (TPSA) is 102 Å². The van der Waals surface area contributed by atoms with Crippen molar-refractivity contribution in [3.05, 3.63) is 0 Å². The van der Waals surface area contributed by atoms with E-state index >= 15 is 0 Å². The first-order chi connectivity index (χ1) is 8.02. The van der Waals surface area contributed by atoms with Crippen molar-refractivity contribution in [3.8, 4) is 0 Å². The molecule has 0 unspecified atom stereocenters. The number of rotatable bonds is 2. The lowest BCUT2D eigenvalue weighted by atomic mass is 10.2. The summed E-state index contributed by atoms with van der Waals surface area (Å²) in [4.78, 5) is 25.4. The van der Waals surface area contributed by atoms with Gasteiger partial charge in [0.1, 0.15) is 19.0 Å². The van der Waals surface area contributed by atoms with Gasteiger partial charge in [0.05, 0.1) is 12.7 Å². The van der Waals surface area contributed by atoms with Crippen molar-refractivity contribution in [2.24, 2.45) is 0 Å². The van der Waals surface area contributed by atoms with Crippen LogP contribution >= 0.6 is 0 Å². The maximum Gasteiger partial charge on any atom is 0.328 e. The van der Waals surface area contributed by atoms with E-state index in [9.17, 15) is 14.7 Å². The van der Waals surface area contributed by atoms with Crippen LogP contribution in [0.4, 0.5) is 9.59 Å². The average Bonchev–Trinajstić information content (AvgIpc) is 2.65. The van der Waals surface area contributed by atoms with E-state index in [0.29, 0.717) is 0 Å². The Morgan fingerprint density at radius 1 is 1.47 bits per heavy atom. The Morgan fingerprint density at radius 2 is 2.18 bits per heavy atom. The molecule has 0 aromatic carbocycles. The molecule has 0 aromatic rings. The second-order valence-electron chi connectivity index (χ2n) is 4.16. The first-order valence-corrected chi connectivity index (χ1v) is 5.30. The molecule has 3 N–H and O–H groups in total. The number of ether oxygens (including phenoxy) is 1. The van der Waals surface area contributed by atoms with E-state index < -0.39 is 30.5 Å². The number of carbonyl (C=O) groups is 2. The molecule has 0 spiro atoms. The van der Waals surface area contributed by atoms with Crippen LogP contribution in [-0.4, -0.2) is 70.8 Å². The van der Waals surface area contributed by atoms with Crippen LogP contribution in [0.15, 0.2) is 0 Å². The summed E-state index contributed by atoms with van der Waals surface area (Å²) in [7, 11) is 1.55. The second kappa shape index (κ2) is 4.47. The van der Waals surface area contributed by atoms with Crippen molar-refractivity contribution >= 4 is 12.1 Å². The molecule has 0 aromatic heterocycles. The Balaban J connectivity index is 2.03. The fraction of sp³-hybridized carbons (Fsp3) is 0.778. The van der Waals surface area contributed by atoms with Gasteiger partial charge in [-0.05, 0) is 0 Å². The van der Waals surface area contributed by atoms with E-state index in [2.05, 4.69) is 5.32 Å². The smallest absolute Gasteiger partial charge is 0.328 e. The molecule has 0 radical (unpaired) electrons. The molecule has 4 amide bonds. The van der Waals surface area contributed by atoms with Gasteiger partial charge in [0.15, 0.2) is 0 Å². The minimum absolute atomic E-state index is 0.0974. The van der Waals surface area contributed by atoms with E-state index in [1.807, 2.05) is 0 Å². The first kappa shape index (κ1) is 12.1. The zero-order chi connectivity index (χ0) is 12.6. The molecule has 0 saturated carbocycles. The third-order valence-corrected chi connectivity index (χ3v) is 2.92. The third-order valence-electron chi connectivity index (χ3n) is 2.92. The highest BCUT2D eigenvalue weighted by molar-refractivity contribution is 5.95. The Morgan fingerprint density at radius 3 is 2.76 bits per heavy atom. The van der Waals surface area contributed by atoms with Crippen molar-refractivity contribution < 1.29 is 24.5 Å². The standard InChI is InChI=1S/C9H15N3O5/c1-11-4-12(9(16)10-8(11)15)7-2-5(14)6(3-13)17-7/h5-7,13-14H,2-4H2,1H3,(H,10,15,16)/t5-,6+,7+/m1/s1. The molecule has 17 heavy (non-hydrogen) atoms. The predicted octanol–water partition coefficient (Wildman–Crippen LogP) is -1.51. The molecule has 0 aliphatic carbocycles. The van der Waals surface area contributed by atoms with Gasteiger partial charge in [-0.1, -0.05) is 0 Å². The van der Waals surface area contributed by atoms with Crippen molar-refractivity contribution in [1.29, 1.82) is 0 Å². The van der Waals surface area contributed by atoms with Gasteiger partial charge in [0.25, 0.3) is 0 Å². The van der Waals surface area contributed by atoms with Gasteiger partial charge in [-0.25, -0.2) is 9.59 Å². The first-order valence-electron chi connectivity index (χ1n) is 5.30. The predicted molar refractivity (Wildman–Crippen MR) is 54.8 cm³/mol. The second-order valence-corrected chi connectivity index (χ2v) is 4.16. The maximum atomic E-state index is 11.6. The summed E-state index contributed by atoms with van der Waals surface area (Å²) in [5, 5.41) is 20.7. The van der Waals surface area contributed by atoms with Crippen LogP contribution in [0.25, 0.3) is 0 Å². The number of amides is 4. The Kier molecular flexibility index (Phi) is 3.18. The highest BCUT2D eigenvalue weighted by Gasteiger charge is 2.41. The fourth-order valence-electron chi connectivity index (χ4n) is 1.91. The molecule has 2 saturated heterocycles. The summed E-state index contributed by atoms with van der Waals surface area (Å²) >= 11 is 0. The number of aliphatic hydroxyl groups is 2. The average molecular weight is 245 g/mol. The van der Waals surface area contributed by atoms with Gasteiger partial charge >= 0.3 is 12.1 Å². The molecule has 8 heteroatoms. The van der Waals surface area contributed by atoms with Gasteiger partial charge < -0.3 is 19.8 Å². The number of hydrogen-bond donors (Lipinski definition) is 3. The highest BCUT2D eigenvalue weighted by atomic mass is 16.5. The summed E-state index contributed by atoms with van der Waals surface area (Å²) in [6.45, 7) is -0.206. The molecule has 96 valence electrons. The number of imide groups is 1. The van der Waals surface area contributed by atoms with Gasteiger partial charge in [-0.2, -0.15) is 0 Å². The SMILES string of the molecule is CN1CN([C@@H]2C[C@@H](O)[C@H](CO)O2)C(=O)NC1=O. The zero-order valence-corrected chi connectivity index (χ0v) is 9.37. The third kappa shape index (κ3) is 2.19. The van der Waals surface area contributed by atoms with Crippen molar-refractivity contribution in [2.75, 3.05) is 20.3 Å². The number of hydrogen-bond acceptors (Lipinski definition) is 5. The van der Waals surface area contributed by atoms with Crippen LogP contribution in [0.5, 0.6) is 0 Å². The van der Waals surface area contributed by atoms with Crippen LogP contribution < -0.4 is 5.32 Å². The van der Waals surface area contributed by atoms with Crippen LogP contribution in [0, 0.1) is 0 Å². The largest absolute Gasteiger partial charge is 0.394 e. The Hall–Kier alpha value is -1.38. The Bertz CT molecular complexity index is 337.